The zero-order valence-electron chi connectivity index (χ0n) is 12.9. The van der Waals surface area contributed by atoms with Crippen LogP contribution < -0.4 is 11.1 Å². The van der Waals surface area contributed by atoms with Gasteiger partial charge in [-0.05, 0) is 12.5 Å². The van der Waals surface area contributed by atoms with Gasteiger partial charge in [0.2, 0.25) is 5.95 Å². The minimum atomic E-state index is 0.229. The number of nitrogen functional groups attached to an aromatic ring is 1. The van der Waals surface area contributed by atoms with Gasteiger partial charge < -0.3 is 11.1 Å². The molecule has 0 aromatic carbocycles. The average Bonchev–Trinajstić information content (AvgIpc) is 3.21. The van der Waals surface area contributed by atoms with E-state index in [-0.39, 0.29) is 5.95 Å². The topological polar surface area (TPSA) is 123 Å². The van der Waals surface area contributed by atoms with Crippen molar-refractivity contribution in [1.29, 1.82) is 0 Å². The van der Waals surface area contributed by atoms with Crippen molar-refractivity contribution < 1.29 is 0 Å². The molecule has 9 nitrogen and oxygen atoms in total. The quantitative estimate of drug-likeness (QED) is 0.523. The number of H-pyrrole nitrogens is 1. The summed E-state index contributed by atoms with van der Waals surface area (Å²) in [6.45, 7) is 2.07. The molecule has 4 N–H and O–H groups in total. The Morgan fingerprint density at radius 2 is 2.17 bits per heavy atom. The first-order valence-electron chi connectivity index (χ1n) is 7.46. The van der Waals surface area contributed by atoms with Gasteiger partial charge in [-0.25, -0.2) is 19.9 Å². The van der Waals surface area contributed by atoms with Crippen molar-refractivity contribution in [2.75, 3.05) is 11.1 Å². The zero-order chi connectivity index (χ0) is 16.5. The van der Waals surface area contributed by atoms with Crippen molar-refractivity contribution in [3.63, 3.8) is 0 Å². The lowest BCUT2D eigenvalue weighted by Crippen LogP contribution is -1.99. The number of aromatic amines is 1. The maximum Gasteiger partial charge on any atom is 0.220 e. The SMILES string of the molecule is CCc1c(-c2ccnc(N)n2)nc2cnc(Nc3cn[nH]c3)cn12. The number of rotatable bonds is 4. The van der Waals surface area contributed by atoms with E-state index in [0.29, 0.717) is 11.5 Å². The molecule has 0 saturated heterocycles. The molecule has 0 atom stereocenters. The van der Waals surface area contributed by atoms with Gasteiger partial charge in [0.1, 0.15) is 11.5 Å². The Kier molecular flexibility index (Phi) is 3.30. The van der Waals surface area contributed by atoms with Crippen LogP contribution in [0.3, 0.4) is 0 Å². The number of nitrogens with one attached hydrogen (secondary N) is 2. The van der Waals surface area contributed by atoms with E-state index in [1.807, 2.05) is 10.6 Å². The van der Waals surface area contributed by atoms with Gasteiger partial charge in [0, 0.05) is 12.4 Å². The standard InChI is InChI=1S/C15H15N9/c1-2-11-14(10-3-4-17-15(16)22-10)23-13-7-18-12(8-24(11)13)21-9-5-19-20-6-9/h3-8,21H,2H2,1H3,(H,19,20)(H2,16,17,22). The first-order valence-corrected chi connectivity index (χ1v) is 7.46. The van der Waals surface area contributed by atoms with E-state index in [2.05, 4.69) is 42.4 Å². The second-order valence-electron chi connectivity index (χ2n) is 5.17. The van der Waals surface area contributed by atoms with Crippen LogP contribution in [0.5, 0.6) is 0 Å². The summed E-state index contributed by atoms with van der Waals surface area (Å²) in [7, 11) is 0. The van der Waals surface area contributed by atoms with Crippen molar-refractivity contribution >= 4 is 23.1 Å². The second kappa shape index (κ2) is 5.61. The third kappa shape index (κ3) is 2.41. The fourth-order valence-electron chi connectivity index (χ4n) is 2.58. The molecule has 0 unspecified atom stereocenters. The van der Waals surface area contributed by atoms with E-state index in [9.17, 15) is 0 Å². The maximum atomic E-state index is 5.69. The first-order chi connectivity index (χ1) is 11.7. The minimum Gasteiger partial charge on any atom is -0.368 e. The molecule has 0 aliphatic carbocycles. The lowest BCUT2D eigenvalue weighted by molar-refractivity contribution is 0.984. The Morgan fingerprint density at radius 3 is 2.92 bits per heavy atom. The number of fused-ring (bicyclic) bond motifs is 1. The number of nitrogens with two attached hydrogens (primary N) is 1. The summed E-state index contributed by atoms with van der Waals surface area (Å²) in [6, 6.07) is 1.80. The van der Waals surface area contributed by atoms with E-state index in [1.54, 1.807) is 30.9 Å². The summed E-state index contributed by atoms with van der Waals surface area (Å²) in [5, 5.41) is 9.85. The molecule has 4 aromatic rings. The van der Waals surface area contributed by atoms with Crippen LogP contribution in [-0.2, 0) is 6.42 Å². The van der Waals surface area contributed by atoms with Crippen LogP contribution >= 0.6 is 0 Å². The smallest absolute Gasteiger partial charge is 0.220 e. The Labute approximate surface area is 137 Å². The molecule has 0 radical (unpaired) electrons. The van der Waals surface area contributed by atoms with Crippen molar-refractivity contribution in [1.82, 2.24) is 34.5 Å². The van der Waals surface area contributed by atoms with Gasteiger partial charge in [-0.3, -0.25) is 9.50 Å². The fraction of sp³-hybridized carbons (Fsp3) is 0.133. The predicted molar refractivity (Wildman–Crippen MR) is 89.7 cm³/mol. The molecule has 24 heavy (non-hydrogen) atoms. The van der Waals surface area contributed by atoms with E-state index in [0.717, 1.165) is 29.1 Å². The molecular weight excluding hydrogens is 306 g/mol. The van der Waals surface area contributed by atoms with E-state index < -0.39 is 0 Å². The Balaban J connectivity index is 1.82. The molecular formula is C15H15N9. The van der Waals surface area contributed by atoms with Crippen LogP contribution in [0.4, 0.5) is 17.5 Å². The maximum absolute atomic E-state index is 5.69. The highest BCUT2D eigenvalue weighted by Gasteiger charge is 2.15. The Morgan fingerprint density at radius 1 is 1.25 bits per heavy atom. The normalized spacial score (nSPS) is 11.0. The molecule has 4 rings (SSSR count). The van der Waals surface area contributed by atoms with Gasteiger partial charge in [-0.2, -0.15) is 5.10 Å². The van der Waals surface area contributed by atoms with Gasteiger partial charge in [0.05, 0.1) is 35.7 Å². The number of anilines is 3. The van der Waals surface area contributed by atoms with Crippen LogP contribution in [0.25, 0.3) is 17.0 Å². The molecule has 9 heteroatoms. The van der Waals surface area contributed by atoms with Crippen LogP contribution in [0.2, 0.25) is 0 Å². The zero-order valence-corrected chi connectivity index (χ0v) is 12.9. The molecule has 0 amide bonds. The summed E-state index contributed by atoms with van der Waals surface area (Å²) in [6.07, 6.45) is 9.49. The highest BCUT2D eigenvalue weighted by molar-refractivity contribution is 5.65. The molecule has 4 heterocycles. The number of nitrogens with zero attached hydrogens (tertiary/aromatic N) is 6. The molecule has 120 valence electrons. The molecule has 4 aromatic heterocycles. The molecule has 0 aliphatic rings. The van der Waals surface area contributed by atoms with Crippen LogP contribution in [0.15, 0.2) is 37.1 Å². The molecule has 0 fully saturated rings. The van der Waals surface area contributed by atoms with E-state index >= 15 is 0 Å². The van der Waals surface area contributed by atoms with E-state index in [1.165, 1.54) is 0 Å². The molecule has 0 bridgehead atoms. The highest BCUT2D eigenvalue weighted by atomic mass is 15.1. The number of aryl methyl sites for hydroxylation is 1. The number of hydrogen-bond donors (Lipinski definition) is 3. The predicted octanol–water partition coefficient (Wildman–Crippen LogP) is 1.80. The van der Waals surface area contributed by atoms with Gasteiger partial charge in [-0.1, -0.05) is 6.92 Å². The lowest BCUT2D eigenvalue weighted by atomic mass is 10.2. The number of imidazole rings is 1. The van der Waals surface area contributed by atoms with Crippen LogP contribution in [0.1, 0.15) is 12.6 Å². The van der Waals surface area contributed by atoms with Gasteiger partial charge in [-0.15, -0.1) is 0 Å². The van der Waals surface area contributed by atoms with Crippen LogP contribution in [0, 0.1) is 0 Å². The van der Waals surface area contributed by atoms with Gasteiger partial charge in [0.25, 0.3) is 0 Å². The summed E-state index contributed by atoms with van der Waals surface area (Å²) in [5.74, 6) is 0.928. The summed E-state index contributed by atoms with van der Waals surface area (Å²) < 4.78 is 2.00. The molecule has 0 aliphatic heterocycles. The Bertz CT molecular complexity index is 988. The first kappa shape index (κ1) is 14.1. The average molecular weight is 321 g/mol. The fourth-order valence-corrected chi connectivity index (χ4v) is 2.58. The van der Waals surface area contributed by atoms with Crippen LogP contribution in [-0.4, -0.2) is 34.5 Å². The second-order valence-corrected chi connectivity index (χ2v) is 5.17. The third-order valence-corrected chi connectivity index (χ3v) is 3.63. The number of hydrogen-bond acceptors (Lipinski definition) is 7. The van der Waals surface area contributed by atoms with Crippen molar-refractivity contribution in [2.45, 2.75) is 13.3 Å². The van der Waals surface area contributed by atoms with Gasteiger partial charge in [0.15, 0.2) is 5.65 Å². The van der Waals surface area contributed by atoms with Crippen molar-refractivity contribution in [3.05, 3.63) is 42.7 Å². The monoisotopic (exact) mass is 321 g/mol. The largest absolute Gasteiger partial charge is 0.368 e. The third-order valence-electron chi connectivity index (χ3n) is 3.63. The highest BCUT2D eigenvalue weighted by Crippen LogP contribution is 2.24. The summed E-state index contributed by atoms with van der Waals surface area (Å²) in [4.78, 5) is 17.2. The van der Waals surface area contributed by atoms with E-state index in [4.69, 9.17) is 5.73 Å². The van der Waals surface area contributed by atoms with Gasteiger partial charge >= 0.3 is 0 Å². The van der Waals surface area contributed by atoms with Crippen molar-refractivity contribution in [3.8, 4) is 11.4 Å². The molecule has 0 spiro atoms. The summed E-state index contributed by atoms with van der Waals surface area (Å²) >= 11 is 0. The molecule has 0 saturated carbocycles. The Hall–Kier alpha value is -3.49. The number of aromatic nitrogens is 7. The summed E-state index contributed by atoms with van der Waals surface area (Å²) in [5.41, 5.74) is 9.79. The van der Waals surface area contributed by atoms with Crippen molar-refractivity contribution in [2.24, 2.45) is 0 Å². The lowest BCUT2D eigenvalue weighted by Gasteiger charge is -2.05. The minimum absolute atomic E-state index is 0.229.